The van der Waals surface area contributed by atoms with Gasteiger partial charge < -0.3 is 10.1 Å². The molecule has 3 nitrogen and oxygen atoms in total. The molecular weight excluding hydrogens is 260 g/mol. The lowest BCUT2D eigenvalue weighted by Gasteiger charge is -2.10. The van der Waals surface area contributed by atoms with E-state index in [1.165, 1.54) is 0 Å². The lowest BCUT2D eigenvalue weighted by molar-refractivity contribution is 0.408. The van der Waals surface area contributed by atoms with Crippen molar-refractivity contribution < 1.29 is 4.74 Å². The summed E-state index contributed by atoms with van der Waals surface area (Å²) in [5, 5.41) is 4.10. The van der Waals surface area contributed by atoms with Crippen LogP contribution in [0.4, 0.5) is 0 Å². The van der Waals surface area contributed by atoms with Crippen LogP contribution in [0.15, 0.2) is 42.6 Å². The van der Waals surface area contributed by atoms with Crippen LogP contribution in [-0.2, 0) is 13.0 Å². The molecule has 0 radical (unpaired) electrons. The maximum absolute atomic E-state index is 5.99. The zero-order valence-electron chi connectivity index (χ0n) is 10.9. The minimum Gasteiger partial charge on any atom is -0.496 e. The number of pyridine rings is 1. The molecule has 19 heavy (non-hydrogen) atoms. The molecule has 0 aliphatic carbocycles. The molecule has 1 aromatic heterocycles. The first-order valence-corrected chi connectivity index (χ1v) is 6.60. The molecule has 0 saturated heterocycles. The van der Waals surface area contributed by atoms with E-state index in [9.17, 15) is 0 Å². The summed E-state index contributed by atoms with van der Waals surface area (Å²) in [6.07, 6.45) is 2.72. The van der Waals surface area contributed by atoms with E-state index in [0.29, 0.717) is 0 Å². The van der Waals surface area contributed by atoms with Gasteiger partial charge in [0, 0.05) is 42.0 Å². The van der Waals surface area contributed by atoms with Gasteiger partial charge in [-0.15, -0.1) is 0 Å². The molecule has 0 amide bonds. The van der Waals surface area contributed by atoms with Gasteiger partial charge >= 0.3 is 0 Å². The van der Waals surface area contributed by atoms with E-state index < -0.39 is 0 Å². The lowest BCUT2D eigenvalue weighted by atomic mass is 10.2. The predicted octanol–water partition coefficient (Wildman–Crippen LogP) is 3.08. The number of ether oxygens (including phenoxy) is 1. The SMILES string of the molecule is COc1ccc(Cl)cc1CNCCc1ccccn1. The average molecular weight is 277 g/mol. The van der Waals surface area contributed by atoms with Gasteiger partial charge in [0.25, 0.3) is 0 Å². The highest BCUT2D eigenvalue weighted by Crippen LogP contribution is 2.22. The van der Waals surface area contributed by atoms with E-state index in [0.717, 1.165) is 41.5 Å². The number of rotatable bonds is 6. The smallest absolute Gasteiger partial charge is 0.123 e. The van der Waals surface area contributed by atoms with Gasteiger partial charge in [-0.05, 0) is 30.3 Å². The fourth-order valence-electron chi connectivity index (χ4n) is 1.87. The Morgan fingerprint density at radius 3 is 2.89 bits per heavy atom. The van der Waals surface area contributed by atoms with Gasteiger partial charge in [0.15, 0.2) is 0 Å². The van der Waals surface area contributed by atoms with Crippen molar-refractivity contribution in [1.29, 1.82) is 0 Å². The van der Waals surface area contributed by atoms with Crippen LogP contribution in [0.1, 0.15) is 11.3 Å². The molecule has 100 valence electrons. The first kappa shape index (κ1) is 13.8. The maximum Gasteiger partial charge on any atom is 0.123 e. The van der Waals surface area contributed by atoms with Crippen molar-refractivity contribution in [3.8, 4) is 5.75 Å². The van der Waals surface area contributed by atoms with Gasteiger partial charge in [0.05, 0.1) is 7.11 Å². The van der Waals surface area contributed by atoms with E-state index in [4.69, 9.17) is 16.3 Å². The summed E-state index contributed by atoms with van der Waals surface area (Å²) in [5.74, 6) is 0.856. The van der Waals surface area contributed by atoms with Crippen molar-refractivity contribution in [2.45, 2.75) is 13.0 Å². The van der Waals surface area contributed by atoms with E-state index in [-0.39, 0.29) is 0 Å². The number of nitrogens with zero attached hydrogens (tertiary/aromatic N) is 1. The van der Waals surface area contributed by atoms with Gasteiger partial charge in [-0.1, -0.05) is 17.7 Å². The number of benzene rings is 1. The van der Waals surface area contributed by atoms with E-state index in [1.54, 1.807) is 7.11 Å². The summed E-state index contributed by atoms with van der Waals surface area (Å²) < 4.78 is 5.30. The maximum atomic E-state index is 5.99. The van der Waals surface area contributed by atoms with E-state index >= 15 is 0 Å². The molecule has 0 spiro atoms. The van der Waals surface area contributed by atoms with Crippen molar-refractivity contribution in [3.05, 3.63) is 58.9 Å². The molecule has 0 atom stereocenters. The van der Waals surface area contributed by atoms with Crippen LogP contribution in [0.3, 0.4) is 0 Å². The molecule has 2 rings (SSSR count). The highest BCUT2D eigenvalue weighted by Gasteiger charge is 2.03. The Kier molecular flexibility index (Phi) is 5.19. The number of nitrogens with one attached hydrogen (secondary N) is 1. The molecule has 0 unspecified atom stereocenters. The zero-order chi connectivity index (χ0) is 13.5. The molecule has 1 heterocycles. The van der Waals surface area contributed by atoms with Crippen LogP contribution in [-0.4, -0.2) is 18.6 Å². The fourth-order valence-corrected chi connectivity index (χ4v) is 2.07. The standard InChI is InChI=1S/C15H17ClN2O/c1-19-15-6-5-13(16)10-12(15)11-17-9-7-14-4-2-3-8-18-14/h2-6,8,10,17H,7,9,11H2,1H3. The quantitative estimate of drug-likeness (QED) is 0.824. The van der Waals surface area contributed by atoms with Crippen LogP contribution >= 0.6 is 11.6 Å². The van der Waals surface area contributed by atoms with E-state index in [1.807, 2.05) is 42.6 Å². The highest BCUT2D eigenvalue weighted by molar-refractivity contribution is 6.30. The summed E-state index contributed by atoms with van der Waals surface area (Å²) in [6, 6.07) is 11.6. The fraction of sp³-hybridized carbons (Fsp3) is 0.267. The summed E-state index contributed by atoms with van der Waals surface area (Å²) >= 11 is 5.99. The normalized spacial score (nSPS) is 10.4. The highest BCUT2D eigenvalue weighted by atomic mass is 35.5. The van der Waals surface area contributed by atoms with Crippen LogP contribution in [0.25, 0.3) is 0 Å². The average Bonchev–Trinajstić information content (AvgIpc) is 2.45. The van der Waals surface area contributed by atoms with Gasteiger partial charge in [0.2, 0.25) is 0 Å². The zero-order valence-corrected chi connectivity index (χ0v) is 11.7. The van der Waals surface area contributed by atoms with Crippen molar-refractivity contribution in [1.82, 2.24) is 10.3 Å². The molecule has 2 aromatic rings. The number of methoxy groups -OCH3 is 1. The van der Waals surface area contributed by atoms with Gasteiger partial charge in [-0.25, -0.2) is 0 Å². The van der Waals surface area contributed by atoms with Crippen molar-refractivity contribution in [2.24, 2.45) is 0 Å². The van der Waals surface area contributed by atoms with Crippen LogP contribution in [0.5, 0.6) is 5.75 Å². The number of hydrogen-bond donors (Lipinski definition) is 1. The second-order valence-corrected chi connectivity index (χ2v) is 4.64. The summed E-state index contributed by atoms with van der Waals surface area (Å²) in [4.78, 5) is 4.29. The van der Waals surface area contributed by atoms with Gasteiger partial charge in [-0.2, -0.15) is 0 Å². The minimum atomic E-state index is 0.724. The Hall–Kier alpha value is -1.58. The van der Waals surface area contributed by atoms with Crippen LogP contribution < -0.4 is 10.1 Å². The molecule has 0 aliphatic rings. The monoisotopic (exact) mass is 276 g/mol. The lowest BCUT2D eigenvalue weighted by Crippen LogP contribution is -2.17. The van der Waals surface area contributed by atoms with E-state index in [2.05, 4.69) is 10.3 Å². The Morgan fingerprint density at radius 1 is 1.26 bits per heavy atom. The minimum absolute atomic E-state index is 0.724. The van der Waals surface area contributed by atoms with Crippen molar-refractivity contribution in [2.75, 3.05) is 13.7 Å². The molecule has 4 heteroatoms. The predicted molar refractivity (Wildman–Crippen MR) is 77.7 cm³/mol. The molecular formula is C15H17ClN2O. The number of hydrogen-bond acceptors (Lipinski definition) is 3. The third kappa shape index (κ3) is 4.23. The Labute approximate surface area is 118 Å². The molecule has 0 saturated carbocycles. The second kappa shape index (κ2) is 7.12. The first-order valence-electron chi connectivity index (χ1n) is 6.22. The van der Waals surface area contributed by atoms with Crippen LogP contribution in [0, 0.1) is 0 Å². The Morgan fingerprint density at radius 2 is 2.16 bits per heavy atom. The van der Waals surface area contributed by atoms with Crippen LogP contribution in [0.2, 0.25) is 5.02 Å². The summed E-state index contributed by atoms with van der Waals surface area (Å²) in [5.41, 5.74) is 2.16. The Balaban J connectivity index is 1.84. The molecule has 0 fully saturated rings. The van der Waals surface area contributed by atoms with Gasteiger partial charge in [0.1, 0.15) is 5.75 Å². The number of halogens is 1. The molecule has 1 aromatic carbocycles. The second-order valence-electron chi connectivity index (χ2n) is 4.20. The largest absolute Gasteiger partial charge is 0.496 e. The van der Waals surface area contributed by atoms with Crippen molar-refractivity contribution >= 4 is 11.6 Å². The first-order chi connectivity index (χ1) is 9.29. The van der Waals surface area contributed by atoms with Crippen molar-refractivity contribution in [3.63, 3.8) is 0 Å². The molecule has 0 aliphatic heterocycles. The third-order valence-corrected chi connectivity index (χ3v) is 3.08. The van der Waals surface area contributed by atoms with Gasteiger partial charge in [-0.3, -0.25) is 4.98 Å². The summed E-state index contributed by atoms with van der Waals surface area (Å²) in [6.45, 7) is 1.60. The Bertz CT molecular complexity index is 517. The molecule has 0 bridgehead atoms. The molecule has 1 N–H and O–H groups in total. The summed E-state index contributed by atoms with van der Waals surface area (Å²) in [7, 11) is 1.67. The number of aromatic nitrogens is 1. The topological polar surface area (TPSA) is 34.1 Å². The third-order valence-electron chi connectivity index (χ3n) is 2.84.